The summed E-state index contributed by atoms with van der Waals surface area (Å²) in [5.41, 5.74) is 2.73. The van der Waals surface area contributed by atoms with Crippen molar-refractivity contribution in [3.05, 3.63) is 82.3 Å². The maximum absolute atomic E-state index is 13.5. The van der Waals surface area contributed by atoms with Gasteiger partial charge in [0, 0.05) is 24.5 Å². The number of aryl methyl sites for hydroxylation is 1. The molecule has 0 aliphatic carbocycles. The molecule has 0 radical (unpaired) electrons. The van der Waals surface area contributed by atoms with E-state index < -0.39 is 22.5 Å². The van der Waals surface area contributed by atoms with Crippen molar-refractivity contribution in [1.29, 1.82) is 0 Å². The van der Waals surface area contributed by atoms with Gasteiger partial charge in [0.15, 0.2) is 0 Å². The van der Waals surface area contributed by atoms with Gasteiger partial charge in [0.1, 0.15) is 6.54 Å². The van der Waals surface area contributed by atoms with E-state index in [1.165, 1.54) is 31.0 Å². The first-order valence-electron chi connectivity index (χ1n) is 10.9. The summed E-state index contributed by atoms with van der Waals surface area (Å²) < 4.78 is 28.0. The van der Waals surface area contributed by atoms with Crippen molar-refractivity contribution in [2.75, 3.05) is 34.2 Å². The average molecular weight is 518 g/mol. The minimum absolute atomic E-state index is 0.0527. The topological polar surface area (TPSA) is 69.7 Å². The van der Waals surface area contributed by atoms with Gasteiger partial charge < -0.3 is 10.2 Å². The molecule has 1 N–H and O–H groups in total. The quantitative estimate of drug-likeness (QED) is 0.434. The fraction of sp³-hybridized carbons (Fsp3) is 0.240. The van der Waals surface area contributed by atoms with Crippen LogP contribution in [0.15, 0.2) is 71.6 Å². The Morgan fingerprint density at radius 1 is 0.971 bits per heavy atom. The van der Waals surface area contributed by atoms with E-state index in [9.17, 15) is 13.2 Å². The van der Waals surface area contributed by atoms with Gasteiger partial charge in [-0.1, -0.05) is 47.0 Å². The molecule has 0 saturated carbocycles. The van der Waals surface area contributed by atoms with E-state index in [-0.39, 0.29) is 20.6 Å². The Hall–Kier alpha value is -2.74. The second-order valence-corrected chi connectivity index (χ2v) is 10.8. The molecule has 0 unspecified atom stereocenters. The van der Waals surface area contributed by atoms with Crippen LogP contribution in [-0.4, -0.2) is 34.0 Å². The first-order chi connectivity index (χ1) is 16.3. The van der Waals surface area contributed by atoms with Crippen LogP contribution in [0.25, 0.3) is 0 Å². The van der Waals surface area contributed by atoms with E-state index >= 15 is 0 Å². The SMILES string of the molecule is Cc1ccc(S(=O)(=O)N(CC(=O)Nc2ccc(N3CCCC3)cc2)c2cccc(Cl)c2Cl)cc1. The number of rotatable bonds is 7. The van der Waals surface area contributed by atoms with E-state index in [0.717, 1.165) is 28.6 Å². The third-order valence-corrected chi connectivity index (χ3v) is 8.30. The van der Waals surface area contributed by atoms with Crippen LogP contribution in [0.1, 0.15) is 18.4 Å². The molecule has 34 heavy (non-hydrogen) atoms. The van der Waals surface area contributed by atoms with E-state index in [4.69, 9.17) is 23.2 Å². The van der Waals surface area contributed by atoms with Gasteiger partial charge in [-0.25, -0.2) is 8.42 Å². The molecule has 3 aromatic rings. The van der Waals surface area contributed by atoms with Crippen molar-refractivity contribution in [1.82, 2.24) is 0 Å². The van der Waals surface area contributed by atoms with Gasteiger partial charge in [-0.3, -0.25) is 9.10 Å². The summed E-state index contributed by atoms with van der Waals surface area (Å²) in [5.74, 6) is -0.499. The molecule has 1 saturated heterocycles. The standard InChI is InChI=1S/C25H25Cl2N3O3S/c1-18-7-13-21(14-8-18)34(32,33)30(23-6-4-5-22(26)25(23)27)17-24(31)28-19-9-11-20(12-10-19)29-15-2-3-16-29/h4-14H,2-3,15-17H2,1H3,(H,28,31). The number of anilines is 3. The highest BCUT2D eigenvalue weighted by Gasteiger charge is 2.29. The van der Waals surface area contributed by atoms with Gasteiger partial charge in [0.05, 0.1) is 20.6 Å². The first-order valence-corrected chi connectivity index (χ1v) is 13.1. The zero-order valence-corrected chi connectivity index (χ0v) is 21.0. The Bertz CT molecular complexity index is 1270. The molecule has 4 rings (SSSR count). The first kappa shape index (κ1) is 24.4. The number of halogens is 2. The zero-order valence-electron chi connectivity index (χ0n) is 18.7. The lowest BCUT2D eigenvalue weighted by atomic mass is 10.2. The number of carbonyl (C=O) groups is 1. The molecule has 0 spiro atoms. The van der Waals surface area contributed by atoms with Crippen LogP contribution in [0.2, 0.25) is 10.0 Å². The number of hydrogen-bond donors (Lipinski definition) is 1. The summed E-state index contributed by atoms with van der Waals surface area (Å²) in [5, 5.41) is 3.04. The van der Waals surface area contributed by atoms with Crippen LogP contribution < -0.4 is 14.5 Å². The lowest BCUT2D eigenvalue weighted by molar-refractivity contribution is -0.114. The van der Waals surface area contributed by atoms with Gasteiger partial charge in [-0.05, 0) is 68.3 Å². The van der Waals surface area contributed by atoms with Gasteiger partial charge in [0.25, 0.3) is 10.0 Å². The lowest BCUT2D eigenvalue weighted by Crippen LogP contribution is -2.38. The van der Waals surface area contributed by atoms with Crippen molar-refractivity contribution in [2.45, 2.75) is 24.7 Å². The van der Waals surface area contributed by atoms with Crippen LogP contribution in [-0.2, 0) is 14.8 Å². The fourth-order valence-corrected chi connectivity index (χ4v) is 5.76. The summed E-state index contributed by atoms with van der Waals surface area (Å²) >= 11 is 12.5. The maximum Gasteiger partial charge on any atom is 0.264 e. The summed E-state index contributed by atoms with van der Waals surface area (Å²) in [6.45, 7) is 3.45. The Morgan fingerprint density at radius 3 is 2.26 bits per heavy atom. The number of amides is 1. The molecule has 1 aliphatic heterocycles. The molecule has 0 aromatic heterocycles. The molecule has 9 heteroatoms. The third kappa shape index (κ3) is 5.32. The minimum Gasteiger partial charge on any atom is -0.372 e. The number of benzene rings is 3. The summed E-state index contributed by atoms with van der Waals surface area (Å²) in [4.78, 5) is 15.3. The molecule has 1 fully saturated rings. The predicted molar refractivity (Wildman–Crippen MR) is 139 cm³/mol. The van der Waals surface area contributed by atoms with Crippen molar-refractivity contribution < 1.29 is 13.2 Å². The van der Waals surface area contributed by atoms with E-state index in [1.54, 1.807) is 24.3 Å². The largest absolute Gasteiger partial charge is 0.372 e. The van der Waals surface area contributed by atoms with Crippen molar-refractivity contribution in [3.8, 4) is 0 Å². The Labute approximate surface area is 210 Å². The summed E-state index contributed by atoms with van der Waals surface area (Å²) in [6, 6.07) is 18.6. The molecule has 0 bridgehead atoms. The van der Waals surface area contributed by atoms with Crippen LogP contribution in [0.3, 0.4) is 0 Å². The average Bonchev–Trinajstić information content (AvgIpc) is 3.35. The second-order valence-electron chi connectivity index (χ2n) is 8.19. The van der Waals surface area contributed by atoms with Crippen molar-refractivity contribution >= 4 is 56.2 Å². The van der Waals surface area contributed by atoms with Crippen LogP contribution >= 0.6 is 23.2 Å². The lowest BCUT2D eigenvalue weighted by Gasteiger charge is -2.25. The van der Waals surface area contributed by atoms with Gasteiger partial charge in [-0.2, -0.15) is 0 Å². The molecule has 178 valence electrons. The monoisotopic (exact) mass is 517 g/mol. The highest BCUT2D eigenvalue weighted by Crippen LogP contribution is 2.35. The van der Waals surface area contributed by atoms with Crippen LogP contribution in [0.5, 0.6) is 0 Å². The highest BCUT2D eigenvalue weighted by molar-refractivity contribution is 7.92. The van der Waals surface area contributed by atoms with E-state index in [1.807, 2.05) is 31.2 Å². The molecular formula is C25H25Cl2N3O3S. The number of nitrogens with one attached hydrogen (secondary N) is 1. The van der Waals surface area contributed by atoms with Gasteiger partial charge in [-0.15, -0.1) is 0 Å². The number of sulfonamides is 1. The highest BCUT2D eigenvalue weighted by atomic mass is 35.5. The molecular weight excluding hydrogens is 493 g/mol. The molecule has 0 atom stereocenters. The summed E-state index contributed by atoms with van der Waals surface area (Å²) in [6.07, 6.45) is 2.35. The summed E-state index contributed by atoms with van der Waals surface area (Å²) in [7, 11) is -4.09. The maximum atomic E-state index is 13.5. The molecule has 6 nitrogen and oxygen atoms in total. The van der Waals surface area contributed by atoms with Crippen LogP contribution in [0, 0.1) is 6.92 Å². The van der Waals surface area contributed by atoms with Crippen molar-refractivity contribution in [2.24, 2.45) is 0 Å². The minimum atomic E-state index is -4.09. The zero-order chi connectivity index (χ0) is 24.3. The Kier molecular flexibility index (Phi) is 7.36. The Morgan fingerprint density at radius 2 is 1.62 bits per heavy atom. The number of nitrogens with zero attached hydrogens (tertiary/aromatic N) is 2. The smallest absolute Gasteiger partial charge is 0.264 e. The molecule has 1 heterocycles. The second kappa shape index (κ2) is 10.3. The Balaban J connectivity index is 1.59. The van der Waals surface area contributed by atoms with Gasteiger partial charge in [0.2, 0.25) is 5.91 Å². The normalized spacial score (nSPS) is 13.7. The van der Waals surface area contributed by atoms with E-state index in [2.05, 4.69) is 10.2 Å². The van der Waals surface area contributed by atoms with Crippen LogP contribution in [0.4, 0.5) is 17.1 Å². The predicted octanol–water partition coefficient (Wildman–Crippen LogP) is 5.74. The number of hydrogen-bond acceptors (Lipinski definition) is 4. The van der Waals surface area contributed by atoms with Gasteiger partial charge >= 0.3 is 0 Å². The van der Waals surface area contributed by atoms with Crippen molar-refractivity contribution in [3.63, 3.8) is 0 Å². The number of carbonyl (C=O) groups excluding carboxylic acids is 1. The fourth-order valence-electron chi connectivity index (χ4n) is 3.88. The molecule has 1 amide bonds. The third-order valence-electron chi connectivity index (χ3n) is 5.72. The molecule has 3 aromatic carbocycles. The molecule has 1 aliphatic rings. The van der Waals surface area contributed by atoms with E-state index in [0.29, 0.717) is 5.69 Å².